The van der Waals surface area contributed by atoms with Crippen LogP contribution in [0.2, 0.25) is 0 Å². The molecule has 4 aromatic carbocycles. The first-order chi connectivity index (χ1) is 48.7. The van der Waals surface area contributed by atoms with Crippen LogP contribution < -0.4 is 25.4 Å². The maximum atomic E-state index is 15.6. The Kier molecular flexibility index (Phi) is 27.2. The summed E-state index contributed by atoms with van der Waals surface area (Å²) in [6, 6.07) is 19.8. The van der Waals surface area contributed by atoms with Gasteiger partial charge in [-0.2, -0.15) is 21.4 Å². The summed E-state index contributed by atoms with van der Waals surface area (Å²) in [6.45, 7) is 8.53. The fourth-order valence-corrected chi connectivity index (χ4v) is 16.5. The van der Waals surface area contributed by atoms with Crippen LogP contribution in [0.25, 0.3) is 0 Å². The van der Waals surface area contributed by atoms with E-state index in [0.717, 1.165) is 51.5 Å². The van der Waals surface area contributed by atoms with Gasteiger partial charge in [0, 0.05) is 73.3 Å². The first-order valence-electron chi connectivity index (χ1n) is 33.5. The van der Waals surface area contributed by atoms with E-state index in [9.17, 15) is 88.6 Å². The van der Waals surface area contributed by atoms with E-state index >= 15 is 8.78 Å². The molecule has 2 heterocycles. The number of hydrogen-bond acceptors (Lipinski definition) is 16. The number of sulfone groups is 1. The largest absolute Gasteiger partial charge is 0.481 e. The highest BCUT2D eigenvalue weighted by atomic mass is 32.2. The number of carboxylic acids is 1. The Morgan fingerprint density at radius 1 is 0.683 bits per heavy atom. The number of carbonyl (C=O) groups excluding carboxylic acids is 2. The minimum absolute atomic E-state index is 0.0282. The number of sulfonamides is 1. The Bertz CT molecular complexity index is 4480. The van der Waals surface area contributed by atoms with Crippen molar-refractivity contribution in [1.82, 2.24) is 5.32 Å². The minimum atomic E-state index is -5.63. The van der Waals surface area contributed by atoms with E-state index in [1.807, 2.05) is 48.6 Å². The van der Waals surface area contributed by atoms with Crippen LogP contribution in [-0.2, 0) is 81.2 Å². The molecule has 570 valence electrons. The molecule has 34 heteroatoms. The van der Waals surface area contributed by atoms with E-state index in [-0.39, 0.29) is 76.6 Å². The number of alkyl halides is 5. The number of anilines is 2. The lowest BCUT2D eigenvalue weighted by Crippen LogP contribution is -2.59. The highest BCUT2D eigenvalue weighted by Gasteiger charge is 2.55. The third kappa shape index (κ3) is 20.2. The number of rotatable bonds is 36. The molecule has 0 saturated heterocycles. The van der Waals surface area contributed by atoms with Gasteiger partial charge in [0.25, 0.3) is 20.2 Å². The Hall–Kier alpha value is -7.44. The number of unbranched alkanes of at least 4 members (excludes halogenated alkanes) is 2. The molecule has 4 aromatic rings. The number of fused-ring (bicyclic) bond motifs is 2. The van der Waals surface area contributed by atoms with Gasteiger partial charge in [-0.15, -0.1) is 0 Å². The molecule has 104 heavy (non-hydrogen) atoms. The maximum Gasteiger partial charge on any atom is 0.307 e. The summed E-state index contributed by atoms with van der Waals surface area (Å²) in [4.78, 5) is 36.1. The number of primary sulfonamides is 1. The van der Waals surface area contributed by atoms with Crippen LogP contribution in [0.15, 0.2) is 129 Å². The zero-order valence-electron chi connectivity index (χ0n) is 57.3. The summed E-state index contributed by atoms with van der Waals surface area (Å²) in [6.07, 6.45) is -7.12. The first-order valence-corrected chi connectivity index (χ1v) is 39.9. The molecule has 1 saturated carbocycles. The number of nitrogens with two attached hydrogens (primary N) is 1. The summed E-state index contributed by atoms with van der Waals surface area (Å²) in [7, 11) is -19.5. The minimum Gasteiger partial charge on any atom is -0.481 e. The lowest BCUT2D eigenvalue weighted by Gasteiger charge is -2.37. The van der Waals surface area contributed by atoms with Crippen molar-refractivity contribution in [2.75, 3.05) is 73.5 Å². The predicted octanol–water partition coefficient (Wildman–Crippen LogP) is 10.2. The Labute approximate surface area is 599 Å². The van der Waals surface area contributed by atoms with Crippen LogP contribution in [0.3, 0.4) is 0 Å². The average Bonchev–Trinajstić information content (AvgIpc) is 1.69. The van der Waals surface area contributed by atoms with E-state index in [1.54, 1.807) is 24.3 Å². The van der Waals surface area contributed by atoms with Gasteiger partial charge in [-0.3, -0.25) is 23.5 Å². The third-order valence-electron chi connectivity index (χ3n) is 18.6. The molecule has 0 radical (unpaired) electrons. The number of ketones is 1. The van der Waals surface area contributed by atoms with E-state index in [0.29, 0.717) is 55.8 Å². The van der Waals surface area contributed by atoms with Crippen LogP contribution in [-0.4, -0.2) is 176 Å². The molecule has 22 nitrogen and oxygen atoms in total. The summed E-state index contributed by atoms with van der Waals surface area (Å²) < 4.78 is 254. The topological polar surface area (TPSA) is 332 Å². The van der Waals surface area contributed by atoms with Crippen LogP contribution in [0.5, 0.6) is 5.75 Å². The third-order valence-corrected chi connectivity index (χ3v) is 22.9. The maximum absolute atomic E-state index is 15.6. The van der Waals surface area contributed by atoms with Crippen molar-refractivity contribution in [2.45, 2.75) is 156 Å². The molecular formula is C70H84F8N5O17S4+. The first kappa shape index (κ1) is 82.2. The fraction of sp³-hybridized carbons (Fsp3) is 0.486. The molecule has 2 aliphatic carbocycles. The van der Waals surface area contributed by atoms with Gasteiger partial charge in [0.05, 0.1) is 66.7 Å². The molecule has 4 unspecified atom stereocenters. The second-order valence-electron chi connectivity index (χ2n) is 26.8. The van der Waals surface area contributed by atoms with Gasteiger partial charge in [0.1, 0.15) is 28.7 Å². The normalized spacial score (nSPS) is 21.6. The number of carboxylic acid groups (broad SMARTS) is 1. The van der Waals surface area contributed by atoms with Gasteiger partial charge in [0.2, 0.25) is 21.6 Å². The van der Waals surface area contributed by atoms with Gasteiger partial charge in [-0.1, -0.05) is 68.5 Å². The number of amides is 1. The lowest BCUT2D eigenvalue weighted by atomic mass is 9.81. The summed E-state index contributed by atoms with van der Waals surface area (Å²) >= 11 is 0. The van der Waals surface area contributed by atoms with Gasteiger partial charge in [0.15, 0.2) is 68.8 Å². The molecule has 2 aliphatic heterocycles. The highest BCUT2D eigenvalue weighted by molar-refractivity contribution is 7.91. The molecular weight excluding hydrogens is 1460 g/mol. The summed E-state index contributed by atoms with van der Waals surface area (Å²) in [5, 5.41) is 18.6. The monoisotopic (exact) mass is 1550 g/mol. The van der Waals surface area contributed by atoms with E-state index in [4.69, 9.17) is 19.3 Å². The molecule has 7 N–H and O–H groups in total. The number of para-hydroxylation sites is 2. The molecule has 5 atom stereocenters. The zero-order valence-corrected chi connectivity index (χ0v) is 60.6. The van der Waals surface area contributed by atoms with E-state index < -0.39 is 157 Å². The Balaban J connectivity index is 0.880. The number of hydrogen-bond donors (Lipinski definition) is 6. The number of carbonyl (C=O) groups is 3. The number of nitrogens with one attached hydrogen (secondary N) is 2. The fourth-order valence-electron chi connectivity index (χ4n) is 13.2. The van der Waals surface area contributed by atoms with Gasteiger partial charge in [-0.05, 0) is 111 Å². The van der Waals surface area contributed by atoms with Crippen molar-refractivity contribution >= 4 is 80.5 Å². The molecule has 0 aromatic heterocycles. The van der Waals surface area contributed by atoms with Crippen molar-refractivity contribution < 1.29 is 116 Å². The summed E-state index contributed by atoms with van der Waals surface area (Å²) in [5.74, 6) is -13.0. The quantitative estimate of drug-likeness (QED) is 0.00810. The van der Waals surface area contributed by atoms with Crippen molar-refractivity contribution in [3.8, 4) is 5.75 Å². The summed E-state index contributed by atoms with van der Waals surface area (Å²) in [5.41, 5.74) is 5.37. The zero-order chi connectivity index (χ0) is 76.4. The standard InChI is InChI=1S/C70H83F8N5O17S4/c1-69(2)48-16-5-7-18-50(48)82(31-9-11-37-102(90,91)92)52(69)26-22-43-14-13-15-44(23-27-53-70(3,4)49-17-6-8-19-51(49)83(53)32-10-12-38-103(93,94)95)65(43)100-47-24-20-42(21-25-47)40-45(68(86)87)41-46(84)28-33-98-35-36-99-34-30-80-54(85)29-39-101(88,89)67-61(77)60(76)66(104(79,96)97)62(78)64(67)81-63-58(74)56(72)55(71)57(73)59(63)75/h5-8,16-27,45,55-59,63,81H,9-15,28-41H2,1-4H3,(H5-,79,80,85,86,87,90,91,92,93,94,95,96,97)/p+1/t45-,55?,56?,57?,58?,59?,63?/m1/s1. The highest BCUT2D eigenvalue weighted by Crippen LogP contribution is 2.49. The number of Topliss-reactive ketones (excluding diaryl/α,β-unsaturated/α-hetero) is 1. The predicted molar refractivity (Wildman–Crippen MR) is 371 cm³/mol. The molecule has 8 rings (SSSR count). The second kappa shape index (κ2) is 34.4. The number of allylic oxidation sites excluding steroid dienone is 7. The van der Waals surface area contributed by atoms with Crippen molar-refractivity contribution in [2.24, 2.45) is 11.1 Å². The molecule has 4 aliphatic rings. The smallest absolute Gasteiger partial charge is 0.307 e. The van der Waals surface area contributed by atoms with Crippen LogP contribution in [0.4, 0.5) is 52.2 Å². The SMILES string of the molecule is CC1(C)C(=CC=C2CCCC(C=CC3=[N+](CCCCS(=O)(=O)O)c4ccccc4C3(C)C)=C2Oc2ccc(C[C@H](CC(=O)CCOCCOCCNC(=O)CCS(=O)(=O)c3c(F)c(F)c(S(N)(=O)=O)c(F)c3NC3C(F)C(F)C(F)C(F)C3F)C(=O)O)cc2)N(CCCCS(=O)(=O)O)c2ccccc21. The second-order valence-corrected chi connectivity index (χ2v) is 33.5. The average molecular weight is 1550 g/mol. The van der Waals surface area contributed by atoms with Crippen LogP contribution in [0, 0.1) is 23.4 Å². The van der Waals surface area contributed by atoms with Crippen molar-refractivity contribution in [3.63, 3.8) is 0 Å². The van der Waals surface area contributed by atoms with Crippen LogP contribution in [0.1, 0.15) is 109 Å². The van der Waals surface area contributed by atoms with Gasteiger partial charge in [-0.25, -0.2) is 57.1 Å². The number of benzene rings is 4. The number of ether oxygens (including phenoxy) is 3. The van der Waals surface area contributed by atoms with Gasteiger partial charge >= 0.3 is 5.97 Å². The molecule has 1 amide bonds. The van der Waals surface area contributed by atoms with E-state index in [2.05, 4.69) is 66.8 Å². The number of halogens is 8. The van der Waals surface area contributed by atoms with Crippen LogP contribution >= 0.6 is 0 Å². The lowest BCUT2D eigenvalue weighted by molar-refractivity contribution is -0.438. The molecule has 0 bridgehead atoms. The molecule has 1 fully saturated rings. The number of aliphatic carboxylic acids is 1. The van der Waals surface area contributed by atoms with Crippen molar-refractivity contribution in [1.29, 1.82) is 0 Å². The van der Waals surface area contributed by atoms with Gasteiger partial charge < -0.3 is 34.9 Å². The number of nitrogens with zero attached hydrogens (tertiary/aromatic N) is 2. The van der Waals surface area contributed by atoms with Crippen molar-refractivity contribution in [3.05, 3.63) is 154 Å². The molecule has 0 spiro atoms. The van der Waals surface area contributed by atoms with E-state index in [1.165, 1.54) is 5.32 Å². The Morgan fingerprint density at radius 3 is 1.91 bits per heavy atom. The Morgan fingerprint density at radius 2 is 1.28 bits per heavy atom.